The Morgan fingerprint density at radius 2 is 2.12 bits per heavy atom. The summed E-state index contributed by atoms with van der Waals surface area (Å²) in [6.45, 7) is 4.99. The number of thiophene rings is 1. The number of carbonyl (C=O) groups is 1. The van der Waals surface area contributed by atoms with E-state index in [-0.39, 0.29) is 11.4 Å². The SMILES string of the molecule is CCOc1ccsc1C(=O)N1CCC2(CC[C@H](COC)N2C)CC1. The molecule has 5 nitrogen and oxygen atoms in total. The second kappa shape index (κ2) is 7.42. The summed E-state index contributed by atoms with van der Waals surface area (Å²) in [6.07, 6.45) is 4.50. The van der Waals surface area contributed by atoms with Crippen LogP contribution in [0.1, 0.15) is 42.3 Å². The fraction of sp³-hybridized carbons (Fsp3) is 0.722. The maximum Gasteiger partial charge on any atom is 0.267 e. The number of methoxy groups -OCH3 is 1. The Labute approximate surface area is 148 Å². The highest BCUT2D eigenvalue weighted by Gasteiger charge is 2.46. The molecule has 0 N–H and O–H groups in total. The lowest BCUT2D eigenvalue weighted by Crippen LogP contribution is -2.53. The number of hydrogen-bond acceptors (Lipinski definition) is 5. The van der Waals surface area contributed by atoms with Gasteiger partial charge in [-0.05, 0) is 51.1 Å². The van der Waals surface area contributed by atoms with E-state index in [0.717, 1.165) is 43.2 Å². The highest BCUT2D eigenvalue weighted by Crippen LogP contribution is 2.41. The number of piperidine rings is 1. The van der Waals surface area contributed by atoms with Crippen molar-refractivity contribution in [2.75, 3.05) is 40.5 Å². The molecule has 0 radical (unpaired) electrons. The minimum atomic E-state index is 0.123. The Kier molecular flexibility index (Phi) is 5.47. The summed E-state index contributed by atoms with van der Waals surface area (Å²) < 4.78 is 10.9. The Morgan fingerprint density at radius 1 is 1.38 bits per heavy atom. The van der Waals surface area contributed by atoms with Gasteiger partial charge >= 0.3 is 0 Å². The number of rotatable bonds is 5. The van der Waals surface area contributed by atoms with Gasteiger partial charge in [-0.15, -0.1) is 11.3 Å². The van der Waals surface area contributed by atoms with Gasteiger partial charge in [0.05, 0.1) is 13.2 Å². The third-order valence-corrected chi connectivity index (χ3v) is 6.59. The molecule has 2 fully saturated rings. The van der Waals surface area contributed by atoms with Crippen LogP contribution in [0, 0.1) is 0 Å². The van der Waals surface area contributed by atoms with Gasteiger partial charge in [-0.25, -0.2) is 0 Å². The number of hydrogen-bond donors (Lipinski definition) is 0. The average molecular weight is 353 g/mol. The molecule has 134 valence electrons. The van der Waals surface area contributed by atoms with Gasteiger partial charge in [-0.2, -0.15) is 0 Å². The van der Waals surface area contributed by atoms with Crippen LogP contribution in [-0.2, 0) is 4.74 Å². The predicted molar refractivity (Wildman–Crippen MR) is 96.0 cm³/mol. The number of likely N-dealkylation sites (N-methyl/N-ethyl adjacent to an activating group) is 1. The molecule has 0 aromatic carbocycles. The molecule has 3 rings (SSSR count). The number of carbonyl (C=O) groups excluding carboxylic acids is 1. The maximum absolute atomic E-state index is 12.8. The highest BCUT2D eigenvalue weighted by molar-refractivity contribution is 7.12. The molecule has 24 heavy (non-hydrogen) atoms. The van der Waals surface area contributed by atoms with Crippen LogP contribution < -0.4 is 4.74 Å². The Morgan fingerprint density at radius 3 is 2.79 bits per heavy atom. The van der Waals surface area contributed by atoms with Gasteiger partial charge in [-0.3, -0.25) is 9.69 Å². The van der Waals surface area contributed by atoms with Crippen LogP contribution in [0.15, 0.2) is 11.4 Å². The van der Waals surface area contributed by atoms with Crippen molar-refractivity contribution in [1.29, 1.82) is 0 Å². The van der Waals surface area contributed by atoms with E-state index in [4.69, 9.17) is 9.47 Å². The lowest BCUT2D eigenvalue weighted by atomic mass is 9.85. The Balaban J connectivity index is 1.63. The summed E-state index contributed by atoms with van der Waals surface area (Å²) in [5, 5.41) is 1.93. The lowest BCUT2D eigenvalue weighted by Gasteiger charge is -2.45. The molecule has 0 aliphatic carbocycles. The lowest BCUT2D eigenvalue weighted by molar-refractivity contribution is 0.0274. The molecule has 2 aliphatic rings. The molecule has 1 aromatic rings. The number of ether oxygens (including phenoxy) is 2. The van der Waals surface area contributed by atoms with Gasteiger partial charge in [-0.1, -0.05) is 0 Å². The summed E-state index contributed by atoms with van der Waals surface area (Å²) in [5.41, 5.74) is 0.248. The minimum Gasteiger partial charge on any atom is -0.492 e. The molecule has 1 aromatic heterocycles. The van der Waals surface area contributed by atoms with E-state index in [9.17, 15) is 4.79 Å². The van der Waals surface area contributed by atoms with Crippen LogP contribution in [-0.4, -0.2) is 67.7 Å². The van der Waals surface area contributed by atoms with Crippen molar-refractivity contribution in [2.24, 2.45) is 0 Å². The van der Waals surface area contributed by atoms with Gasteiger partial charge in [0.2, 0.25) is 0 Å². The molecule has 0 unspecified atom stereocenters. The summed E-state index contributed by atoms with van der Waals surface area (Å²) in [6, 6.07) is 2.41. The zero-order valence-electron chi connectivity index (χ0n) is 14.9. The van der Waals surface area contributed by atoms with Crippen molar-refractivity contribution in [1.82, 2.24) is 9.80 Å². The normalized spacial score (nSPS) is 23.8. The van der Waals surface area contributed by atoms with E-state index in [0.29, 0.717) is 12.6 Å². The highest BCUT2D eigenvalue weighted by atomic mass is 32.1. The van der Waals surface area contributed by atoms with Crippen LogP contribution >= 0.6 is 11.3 Å². The molecule has 1 spiro atoms. The Hall–Kier alpha value is -1.11. The average Bonchev–Trinajstić information content (AvgIpc) is 3.16. The molecule has 3 heterocycles. The zero-order chi connectivity index (χ0) is 17.2. The molecular weight excluding hydrogens is 324 g/mol. The van der Waals surface area contributed by atoms with E-state index in [1.54, 1.807) is 7.11 Å². The summed E-state index contributed by atoms with van der Waals surface area (Å²) in [7, 11) is 4.00. The van der Waals surface area contributed by atoms with E-state index < -0.39 is 0 Å². The van der Waals surface area contributed by atoms with Crippen molar-refractivity contribution >= 4 is 17.2 Å². The Bertz CT molecular complexity index is 566. The van der Waals surface area contributed by atoms with Gasteiger partial charge in [0.25, 0.3) is 5.91 Å². The summed E-state index contributed by atoms with van der Waals surface area (Å²) in [4.78, 5) is 18.1. The van der Waals surface area contributed by atoms with E-state index in [1.807, 2.05) is 23.3 Å². The van der Waals surface area contributed by atoms with Crippen molar-refractivity contribution in [3.63, 3.8) is 0 Å². The van der Waals surface area contributed by atoms with Gasteiger partial charge in [0, 0.05) is 31.8 Å². The monoisotopic (exact) mass is 352 g/mol. The summed E-state index contributed by atoms with van der Waals surface area (Å²) >= 11 is 1.48. The molecule has 1 amide bonds. The van der Waals surface area contributed by atoms with Crippen molar-refractivity contribution in [2.45, 2.75) is 44.2 Å². The van der Waals surface area contributed by atoms with Crippen molar-refractivity contribution in [3.05, 3.63) is 16.3 Å². The first kappa shape index (κ1) is 17.7. The van der Waals surface area contributed by atoms with Gasteiger partial charge < -0.3 is 14.4 Å². The maximum atomic E-state index is 12.8. The first-order valence-electron chi connectivity index (χ1n) is 8.83. The van der Waals surface area contributed by atoms with Crippen LogP contribution in [0.25, 0.3) is 0 Å². The summed E-state index contributed by atoms with van der Waals surface area (Å²) in [5.74, 6) is 0.850. The first-order valence-corrected chi connectivity index (χ1v) is 9.70. The quantitative estimate of drug-likeness (QED) is 0.817. The second-order valence-electron chi connectivity index (χ2n) is 6.82. The molecule has 1 atom stereocenters. The minimum absolute atomic E-state index is 0.123. The second-order valence-corrected chi connectivity index (χ2v) is 7.74. The third-order valence-electron chi connectivity index (χ3n) is 5.70. The number of nitrogens with zero attached hydrogens (tertiary/aromatic N) is 2. The first-order chi connectivity index (χ1) is 11.6. The van der Waals surface area contributed by atoms with Crippen LogP contribution in [0.3, 0.4) is 0 Å². The predicted octanol–water partition coefficient (Wildman–Crippen LogP) is 2.86. The largest absolute Gasteiger partial charge is 0.492 e. The standard InChI is InChI=1S/C18H28N2O3S/c1-4-23-15-6-12-24-16(15)17(21)20-10-8-18(9-11-20)7-5-14(13-22-3)19(18)2/h6,12,14H,4-5,7-11,13H2,1-3H3/t14-/m1/s1. The van der Waals surface area contributed by atoms with E-state index >= 15 is 0 Å². The number of amides is 1. The smallest absolute Gasteiger partial charge is 0.267 e. The topological polar surface area (TPSA) is 42.0 Å². The number of likely N-dealkylation sites (tertiary alicyclic amines) is 2. The fourth-order valence-electron chi connectivity index (χ4n) is 4.18. The molecule has 2 aliphatic heterocycles. The molecule has 0 bridgehead atoms. The van der Waals surface area contributed by atoms with E-state index in [1.165, 1.54) is 24.2 Å². The third kappa shape index (κ3) is 3.19. The zero-order valence-corrected chi connectivity index (χ0v) is 15.7. The van der Waals surface area contributed by atoms with Crippen LogP contribution in [0.2, 0.25) is 0 Å². The van der Waals surface area contributed by atoms with Gasteiger partial charge in [0.15, 0.2) is 0 Å². The van der Waals surface area contributed by atoms with E-state index in [2.05, 4.69) is 11.9 Å². The van der Waals surface area contributed by atoms with Crippen molar-refractivity contribution < 1.29 is 14.3 Å². The van der Waals surface area contributed by atoms with Crippen LogP contribution in [0.4, 0.5) is 0 Å². The fourth-order valence-corrected chi connectivity index (χ4v) is 4.98. The van der Waals surface area contributed by atoms with Gasteiger partial charge in [0.1, 0.15) is 10.6 Å². The molecule has 6 heteroatoms. The molecule has 0 saturated carbocycles. The molecule has 2 saturated heterocycles. The van der Waals surface area contributed by atoms with Crippen LogP contribution in [0.5, 0.6) is 5.75 Å². The molecular formula is C18H28N2O3S. The van der Waals surface area contributed by atoms with Crippen molar-refractivity contribution in [3.8, 4) is 5.75 Å².